The van der Waals surface area contributed by atoms with Crippen LogP contribution in [-0.2, 0) is 13.0 Å². The first-order valence-electron chi connectivity index (χ1n) is 7.70. The van der Waals surface area contributed by atoms with E-state index in [0.29, 0.717) is 6.54 Å². The summed E-state index contributed by atoms with van der Waals surface area (Å²) < 4.78 is 13.1. The van der Waals surface area contributed by atoms with Crippen LogP contribution in [-0.4, -0.2) is 24.5 Å². The number of guanidine groups is 1. The molecule has 2 N–H and O–H groups in total. The zero-order chi connectivity index (χ0) is 16.7. The van der Waals surface area contributed by atoms with Crippen LogP contribution in [0, 0.1) is 19.7 Å². The molecule has 0 spiro atoms. The molecular formula is C18H23FN4. The van der Waals surface area contributed by atoms with Gasteiger partial charge in [0.2, 0.25) is 0 Å². The van der Waals surface area contributed by atoms with E-state index in [0.717, 1.165) is 41.3 Å². The van der Waals surface area contributed by atoms with Gasteiger partial charge in [-0.3, -0.25) is 9.98 Å². The largest absolute Gasteiger partial charge is 0.356 e. The Morgan fingerprint density at radius 1 is 1.17 bits per heavy atom. The second kappa shape index (κ2) is 8.27. The highest BCUT2D eigenvalue weighted by Crippen LogP contribution is 2.10. The maximum absolute atomic E-state index is 13.1. The van der Waals surface area contributed by atoms with Crippen LogP contribution in [0.1, 0.15) is 22.4 Å². The summed E-state index contributed by atoms with van der Waals surface area (Å²) in [5, 5.41) is 6.52. The minimum atomic E-state index is -0.192. The van der Waals surface area contributed by atoms with Gasteiger partial charge in [-0.2, -0.15) is 0 Å². The van der Waals surface area contributed by atoms with E-state index in [1.54, 1.807) is 19.3 Å². The molecule has 1 aromatic heterocycles. The van der Waals surface area contributed by atoms with Crippen molar-refractivity contribution in [2.24, 2.45) is 4.99 Å². The van der Waals surface area contributed by atoms with Gasteiger partial charge in [-0.1, -0.05) is 12.1 Å². The van der Waals surface area contributed by atoms with Gasteiger partial charge in [0.25, 0.3) is 0 Å². The molecule has 2 rings (SSSR count). The Kier molecular flexibility index (Phi) is 6.09. The fourth-order valence-corrected chi connectivity index (χ4v) is 2.35. The zero-order valence-corrected chi connectivity index (χ0v) is 13.9. The first kappa shape index (κ1) is 16.9. The van der Waals surface area contributed by atoms with Crippen molar-refractivity contribution in [3.63, 3.8) is 0 Å². The molecule has 0 saturated heterocycles. The third kappa shape index (κ3) is 5.06. The third-order valence-electron chi connectivity index (χ3n) is 3.76. The van der Waals surface area contributed by atoms with E-state index in [1.807, 2.05) is 32.0 Å². The summed E-state index contributed by atoms with van der Waals surface area (Å²) in [4.78, 5) is 8.56. The summed E-state index contributed by atoms with van der Waals surface area (Å²) in [5.74, 6) is 0.539. The first-order chi connectivity index (χ1) is 11.1. The van der Waals surface area contributed by atoms with Crippen LogP contribution in [0.3, 0.4) is 0 Å². The smallest absolute Gasteiger partial charge is 0.191 e. The topological polar surface area (TPSA) is 49.3 Å². The number of hydrogen-bond acceptors (Lipinski definition) is 2. The zero-order valence-electron chi connectivity index (χ0n) is 13.9. The van der Waals surface area contributed by atoms with Gasteiger partial charge < -0.3 is 10.6 Å². The van der Waals surface area contributed by atoms with Crippen LogP contribution < -0.4 is 10.6 Å². The third-order valence-corrected chi connectivity index (χ3v) is 3.76. The monoisotopic (exact) mass is 314 g/mol. The fraction of sp³-hybridized carbons (Fsp3) is 0.333. The second-order valence-corrected chi connectivity index (χ2v) is 5.44. The van der Waals surface area contributed by atoms with Crippen molar-refractivity contribution >= 4 is 5.96 Å². The van der Waals surface area contributed by atoms with Gasteiger partial charge in [-0.25, -0.2) is 4.39 Å². The summed E-state index contributed by atoms with van der Waals surface area (Å²) in [6.07, 6.45) is 2.60. The Bertz CT molecular complexity index is 682. The molecule has 5 heteroatoms. The van der Waals surface area contributed by atoms with Crippen molar-refractivity contribution < 1.29 is 4.39 Å². The molecule has 0 unspecified atom stereocenters. The van der Waals surface area contributed by atoms with Crippen molar-refractivity contribution in [2.75, 3.05) is 13.6 Å². The lowest BCUT2D eigenvalue weighted by Gasteiger charge is -2.13. The first-order valence-corrected chi connectivity index (χ1v) is 7.70. The van der Waals surface area contributed by atoms with Crippen molar-refractivity contribution in [2.45, 2.75) is 26.8 Å². The van der Waals surface area contributed by atoms with Crippen LogP contribution in [0.4, 0.5) is 4.39 Å². The van der Waals surface area contributed by atoms with Crippen molar-refractivity contribution in [3.05, 3.63) is 64.7 Å². The van der Waals surface area contributed by atoms with Gasteiger partial charge in [0.15, 0.2) is 5.96 Å². The average molecular weight is 314 g/mol. The molecule has 0 aliphatic carbocycles. The molecule has 1 heterocycles. The highest BCUT2D eigenvalue weighted by molar-refractivity contribution is 5.79. The Hall–Kier alpha value is -2.43. The normalized spacial score (nSPS) is 11.4. The molecule has 0 aliphatic heterocycles. The van der Waals surface area contributed by atoms with Crippen molar-refractivity contribution in [1.29, 1.82) is 0 Å². The lowest BCUT2D eigenvalue weighted by Crippen LogP contribution is -2.38. The van der Waals surface area contributed by atoms with E-state index in [9.17, 15) is 4.39 Å². The van der Waals surface area contributed by atoms with Crippen LogP contribution in [0.25, 0.3) is 0 Å². The van der Waals surface area contributed by atoms with E-state index >= 15 is 0 Å². The molecule has 1 aromatic carbocycles. The Morgan fingerprint density at radius 2 is 2.00 bits per heavy atom. The number of benzene rings is 1. The van der Waals surface area contributed by atoms with E-state index in [2.05, 4.69) is 20.6 Å². The van der Waals surface area contributed by atoms with Gasteiger partial charge in [0.05, 0.1) is 12.2 Å². The number of nitrogens with one attached hydrogen (secondary N) is 2. The minimum absolute atomic E-state index is 0.192. The predicted octanol–water partition coefficient (Wildman–Crippen LogP) is 2.75. The number of hydrogen-bond donors (Lipinski definition) is 2. The summed E-state index contributed by atoms with van der Waals surface area (Å²) in [6, 6.07) is 8.86. The Labute approximate surface area is 136 Å². The fourth-order valence-electron chi connectivity index (χ4n) is 2.35. The standard InChI is InChI=1S/C18H23FN4/c1-13-5-4-9-21-17(13)12-23-18(20-3)22-10-8-15-6-7-16(19)11-14(15)2/h4-7,9,11H,8,10,12H2,1-3H3,(H2,20,22,23). The van der Waals surface area contributed by atoms with Crippen LogP contribution in [0.2, 0.25) is 0 Å². The van der Waals surface area contributed by atoms with E-state index in [1.165, 1.54) is 6.07 Å². The van der Waals surface area contributed by atoms with Crippen molar-refractivity contribution in [3.8, 4) is 0 Å². The summed E-state index contributed by atoms with van der Waals surface area (Å²) in [5.41, 5.74) is 4.26. The molecule has 0 atom stereocenters. The summed E-state index contributed by atoms with van der Waals surface area (Å²) in [7, 11) is 1.74. The maximum atomic E-state index is 13.1. The molecule has 0 amide bonds. The lowest BCUT2D eigenvalue weighted by molar-refractivity contribution is 0.625. The highest BCUT2D eigenvalue weighted by atomic mass is 19.1. The number of aromatic nitrogens is 1. The molecule has 4 nitrogen and oxygen atoms in total. The molecule has 0 fully saturated rings. The summed E-state index contributed by atoms with van der Waals surface area (Å²) >= 11 is 0. The SMILES string of the molecule is CN=C(NCCc1ccc(F)cc1C)NCc1ncccc1C. The Balaban J connectivity index is 1.82. The molecule has 122 valence electrons. The van der Waals surface area contributed by atoms with Gasteiger partial charge >= 0.3 is 0 Å². The van der Waals surface area contributed by atoms with E-state index in [-0.39, 0.29) is 5.82 Å². The van der Waals surface area contributed by atoms with Gasteiger partial charge in [0, 0.05) is 19.8 Å². The molecular weight excluding hydrogens is 291 g/mol. The number of aliphatic imine (C=N–C) groups is 1. The highest BCUT2D eigenvalue weighted by Gasteiger charge is 2.03. The lowest BCUT2D eigenvalue weighted by atomic mass is 10.1. The quantitative estimate of drug-likeness (QED) is 0.659. The second-order valence-electron chi connectivity index (χ2n) is 5.44. The molecule has 0 saturated carbocycles. The number of nitrogens with zero attached hydrogens (tertiary/aromatic N) is 2. The van der Waals surface area contributed by atoms with Crippen LogP contribution >= 0.6 is 0 Å². The average Bonchev–Trinajstić information content (AvgIpc) is 2.54. The molecule has 0 bridgehead atoms. The van der Waals surface area contributed by atoms with Crippen LogP contribution in [0.15, 0.2) is 41.5 Å². The molecule has 0 aliphatic rings. The van der Waals surface area contributed by atoms with Crippen molar-refractivity contribution in [1.82, 2.24) is 15.6 Å². The Morgan fingerprint density at radius 3 is 2.70 bits per heavy atom. The number of rotatable bonds is 5. The van der Waals surface area contributed by atoms with Crippen LogP contribution in [0.5, 0.6) is 0 Å². The minimum Gasteiger partial charge on any atom is -0.356 e. The van der Waals surface area contributed by atoms with Gasteiger partial charge in [-0.05, 0) is 55.2 Å². The van der Waals surface area contributed by atoms with Gasteiger partial charge in [0.1, 0.15) is 5.82 Å². The number of aryl methyl sites for hydroxylation is 2. The summed E-state index contributed by atoms with van der Waals surface area (Å²) in [6.45, 7) is 5.32. The maximum Gasteiger partial charge on any atom is 0.191 e. The molecule has 23 heavy (non-hydrogen) atoms. The van der Waals surface area contributed by atoms with E-state index in [4.69, 9.17) is 0 Å². The molecule has 2 aromatic rings. The predicted molar refractivity (Wildman–Crippen MR) is 92.0 cm³/mol. The van der Waals surface area contributed by atoms with E-state index < -0.39 is 0 Å². The number of halogens is 1. The van der Waals surface area contributed by atoms with Gasteiger partial charge in [-0.15, -0.1) is 0 Å². The number of pyridine rings is 1. The molecule has 0 radical (unpaired) electrons.